The summed E-state index contributed by atoms with van der Waals surface area (Å²) in [4.78, 5) is 14.5. The molecular weight excluding hydrogens is 237 g/mol. The molecule has 1 aromatic rings. The maximum absolute atomic E-state index is 10.6. The fourth-order valence-electron chi connectivity index (χ4n) is 1.21. The third-order valence-electron chi connectivity index (χ3n) is 1.83. The van der Waals surface area contributed by atoms with Crippen molar-refractivity contribution in [1.29, 1.82) is 0 Å². The van der Waals surface area contributed by atoms with Crippen LogP contribution >= 0.6 is 23.2 Å². The Hall–Kier alpha value is -1.06. The Kier molecular flexibility index (Phi) is 4.59. The van der Waals surface area contributed by atoms with Gasteiger partial charge in [0.1, 0.15) is 4.49 Å². The normalized spacial score (nSPS) is 11.9. The molecule has 0 aliphatic carbocycles. The number of hydrogen-bond acceptors (Lipinski definition) is 2. The largest absolute Gasteiger partial charge is 0.481 e. The zero-order valence-electron chi connectivity index (χ0n) is 7.73. The summed E-state index contributed by atoms with van der Waals surface area (Å²) in [7, 11) is 0. The van der Waals surface area contributed by atoms with Crippen LogP contribution in [0.1, 0.15) is 17.9 Å². The monoisotopic (exact) mass is 245 g/mol. The molecule has 0 saturated carbocycles. The molecule has 0 saturated heterocycles. The van der Waals surface area contributed by atoms with Crippen LogP contribution in [-0.2, 0) is 4.79 Å². The van der Waals surface area contributed by atoms with Gasteiger partial charge in [-0.1, -0.05) is 29.3 Å². The second-order valence-electron chi connectivity index (χ2n) is 2.95. The molecule has 0 radical (unpaired) electrons. The molecule has 5 heteroatoms. The SMILES string of the molecule is O=C(O)CC(C=C(Cl)Cl)c1cccnc1. The maximum atomic E-state index is 10.6. The third kappa shape index (κ3) is 4.32. The van der Waals surface area contributed by atoms with E-state index in [9.17, 15) is 4.79 Å². The molecule has 15 heavy (non-hydrogen) atoms. The smallest absolute Gasteiger partial charge is 0.304 e. The summed E-state index contributed by atoms with van der Waals surface area (Å²) in [6, 6.07) is 3.52. The van der Waals surface area contributed by atoms with E-state index >= 15 is 0 Å². The number of aromatic nitrogens is 1. The lowest BCUT2D eigenvalue weighted by Gasteiger charge is -2.09. The molecule has 1 atom stereocenters. The Morgan fingerprint density at radius 2 is 2.33 bits per heavy atom. The zero-order valence-corrected chi connectivity index (χ0v) is 9.24. The highest BCUT2D eigenvalue weighted by molar-refractivity contribution is 6.55. The number of pyridine rings is 1. The van der Waals surface area contributed by atoms with Crippen molar-refractivity contribution in [3.05, 3.63) is 40.7 Å². The van der Waals surface area contributed by atoms with E-state index in [1.54, 1.807) is 24.5 Å². The van der Waals surface area contributed by atoms with E-state index in [2.05, 4.69) is 4.98 Å². The Labute approximate surface area is 97.3 Å². The molecule has 1 N–H and O–H groups in total. The van der Waals surface area contributed by atoms with Crippen molar-refractivity contribution in [1.82, 2.24) is 4.98 Å². The molecule has 0 aliphatic rings. The predicted octanol–water partition coefficient (Wildman–Crippen LogP) is 2.96. The van der Waals surface area contributed by atoms with Gasteiger partial charge >= 0.3 is 5.97 Å². The maximum Gasteiger partial charge on any atom is 0.304 e. The Morgan fingerprint density at radius 3 is 2.80 bits per heavy atom. The first-order chi connectivity index (χ1) is 7.09. The second kappa shape index (κ2) is 5.73. The summed E-state index contributed by atoms with van der Waals surface area (Å²) in [5, 5.41) is 8.72. The van der Waals surface area contributed by atoms with Gasteiger partial charge in [0.15, 0.2) is 0 Å². The molecule has 1 rings (SSSR count). The summed E-state index contributed by atoms with van der Waals surface area (Å²) in [6.07, 6.45) is 4.65. The highest BCUT2D eigenvalue weighted by atomic mass is 35.5. The quantitative estimate of drug-likeness (QED) is 0.888. The number of aliphatic carboxylic acids is 1. The van der Waals surface area contributed by atoms with Gasteiger partial charge in [-0.2, -0.15) is 0 Å². The molecule has 1 heterocycles. The van der Waals surface area contributed by atoms with Crippen LogP contribution < -0.4 is 0 Å². The molecule has 0 fully saturated rings. The Morgan fingerprint density at radius 1 is 1.60 bits per heavy atom. The molecular formula is C10H9Cl2NO2. The molecule has 3 nitrogen and oxygen atoms in total. The van der Waals surface area contributed by atoms with Crippen molar-refractivity contribution in [3.63, 3.8) is 0 Å². The zero-order chi connectivity index (χ0) is 11.3. The number of nitrogens with zero attached hydrogens (tertiary/aromatic N) is 1. The molecule has 80 valence electrons. The summed E-state index contributed by atoms with van der Waals surface area (Å²) in [5.41, 5.74) is 0.777. The van der Waals surface area contributed by atoms with E-state index in [1.807, 2.05) is 0 Å². The Balaban J connectivity index is 2.91. The number of allylic oxidation sites excluding steroid dienone is 1. The Bertz CT molecular complexity index is 361. The van der Waals surface area contributed by atoms with Gasteiger partial charge in [0, 0.05) is 18.3 Å². The van der Waals surface area contributed by atoms with Gasteiger partial charge in [0.05, 0.1) is 6.42 Å². The summed E-state index contributed by atoms with van der Waals surface area (Å²) in [6.45, 7) is 0. The number of rotatable bonds is 4. The number of carbonyl (C=O) groups is 1. The third-order valence-corrected chi connectivity index (χ3v) is 2.09. The lowest BCUT2D eigenvalue weighted by Crippen LogP contribution is -2.04. The average Bonchev–Trinajstić information content (AvgIpc) is 2.17. The first-order valence-electron chi connectivity index (χ1n) is 4.24. The van der Waals surface area contributed by atoms with Crippen LogP contribution in [0.25, 0.3) is 0 Å². The van der Waals surface area contributed by atoms with Crippen molar-refractivity contribution in [2.24, 2.45) is 0 Å². The topological polar surface area (TPSA) is 50.2 Å². The number of halogens is 2. The van der Waals surface area contributed by atoms with Crippen LogP contribution in [0.2, 0.25) is 0 Å². The minimum absolute atomic E-state index is 0.0603. The van der Waals surface area contributed by atoms with Gasteiger partial charge in [-0.3, -0.25) is 9.78 Å². The van der Waals surface area contributed by atoms with E-state index in [-0.39, 0.29) is 16.8 Å². The molecule has 1 aromatic heterocycles. The predicted molar refractivity (Wildman–Crippen MR) is 59.0 cm³/mol. The highest BCUT2D eigenvalue weighted by Gasteiger charge is 2.13. The van der Waals surface area contributed by atoms with Gasteiger partial charge in [-0.05, 0) is 17.7 Å². The van der Waals surface area contributed by atoms with Gasteiger partial charge in [0.25, 0.3) is 0 Å². The fraction of sp³-hybridized carbons (Fsp3) is 0.200. The first-order valence-corrected chi connectivity index (χ1v) is 4.99. The number of carboxylic acid groups (broad SMARTS) is 1. The van der Waals surface area contributed by atoms with Gasteiger partial charge < -0.3 is 5.11 Å². The van der Waals surface area contributed by atoms with Crippen LogP contribution in [0.4, 0.5) is 0 Å². The minimum Gasteiger partial charge on any atom is -0.481 e. The van der Waals surface area contributed by atoms with E-state index in [0.717, 1.165) is 5.56 Å². The van der Waals surface area contributed by atoms with Crippen LogP contribution in [-0.4, -0.2) is 16.1 Å². The second-order valence-corrected chi connectivity index (χ2v) is 3.95. The van der Waals surface area contributed by atoms with Crippen molar-refractivity contribution < 1.29 is 9.90 Å². The number of carboxylic acids is 1. The average molecular weight is 246 g/mol. The van der Waals surface area contributed by atoms with E-state index in [0.29, 0.717) is 0 Å². The summed E-state index contributed by atoms with van der Waals surface area (Å²) < 4.78 is 0.0603. The van der Waals surface area contributed by atoms with Crippen molar-refractivity contribution in [3.8, 4) is 0 Å². The van der Waals surface area contributed by atoms with Crippen molar-refractivity contribution in [2.75, 3.05) is 0 Å². The number of hydrogen-bond donors (Lipinski definition) is 1. The van der Waals surface area contributed by atoms with Gasteiger partial charge in [-0.15, -0.1) is 0 Å². The lowest BCUT2D eigenvalue weighted by atomic mass is 9.98. The summed E-state index contributed by atoms with van der Waals surface area (Å²) >= 11 is 11.0. The molecule has 1 unspecified atom stereocenters. The van der Waals surface area contributed by atoms with E-state index in [4.69, 9.17) is 28.3 Å². The first kappa shape index (κ1) is 12.0. The molecule has 0 spiro atoms. The molecule has 0 amide bonds. The highest BCUT2D eigenvalue weighted by Crippen LogP contribution is 2.24. The van der Waals surface area contributed by atoms with Crippen molar-refractivity contribution >= 4 is 29.2 Å². The van der Waals surface area contributed by atoms with E-state index in [1.165, 1.54) is 6.08 Å². The minimum atomic E-state index is -0.908. The van der Waals surface area contributed by atoms with Crippen molar-refractivity contribution in [2.45, 2.75) is 12.3 Å². The van der Waals surface area contributed by atoms with Gasteiger partial charge in [-0.25, -0.2) is 0 Å². The fourth-order valence-corrected chi connectivity index (χ4v) is 1.51. The summed E-state index contributed by atoms with van der Waals surface area (Å²) in [5.74, 6) is -1.25. The molecule has 0 aliphatic heterocycles. The molecule has 0 aromatic carbocycles. The van der Waals surface area contributed by atoms with Gasteiger partial charge in [0.2, 0.25) is 0 Å². The lowest BCUT2D eigenvalue weighted by molar-refractivity contribution is -0.137. The van der Waals surface area contributed by atoms with Crippen LogP contribution in [0.3, 0.4) is 0 Å². The van der Waals surface area contributed by atoms with Crippen LogP contribution in [0.15, 0.2) is 35.1 Å². The standard InChI is InChI=1S/C10H9Cl2NO2/c11-9(12)4-8(5-10(14)15)7-2-1-3-13-6-7/h1-4,6,8H,5H2,(H,14,15). The molecule has 0 bridgehead atoms. The van der Waals surface area contributed by atoms with Crippen LogP contribution in [0, 0.1) is 0 Å². The van der Waals surface area contributed by atoms with E-state index < -0.39 is 5.97 Å². The van der Waals surface area contributed by atoms with Crippen LogP contribution in [0.5, 0.6) is 0 Å².